The van der Waals surface area contributed by atoms with Crippen LogP contribution < -0.4 is 5.19 Å². The average Bonchev–Trinajstić information content (AvgIpc) is 2.39. The second kappa shape index (κ2) is 6.55. The molecule has 2 heteroatoms. The Kier molecular flexibility index (Phi) is 5.00. The third kappa shape index (κ3) is 4.19. The number of hydrogen-bond donors (Lipinski definition) is 0. The maximum absolute atomic E-state index is 5.84. The Morgan fingerprint density at radius 2 is 1.90 bits per heavy atom. The van der Waals surface area contributed by atoms with E-state index >= 15 is 0 Å². The fourth-order valence-electron chi connectivity index (χ4n) is 2.83. The number of hydrogen-bond acceptors (Lipinski definition) is 1. The smallest absolute Gasteiger partial charge is 0.104 e. The third-order valence-corrected chi connectivity index (χ3v) is 6.77. The minimum atomic E-state index is -1.47. The molecule has 1 aromatic rings. The van der Waals surface area contributed by atoms with Crippen LogP contribution in [0.3, 0.4) is 0 Å². The van der Waals surface area contributed by atoms with Gasteiger partial charge in [0.15, 0.2) is 0 Å². The van der Waals surface area contributed by atoms with Gasteiger partial charge in [-0.2, -0.15) is 0 Å². The van der Waals surface area contributed by atoms with Crippen molar-refractivity contribution in [3.05, 3.63) is 53.3 Å². The maximum Gasteiger partial charge on any atom is 0.104 e. The third-order valence-electron chi connectivity index (χ3n) is 3.82. The molecule has 1 aliphatic heterocycles. The van der Waals surface area contributed by atoms with Crippen molar-refractivity contribution in [1.82, 2.24) is 0 Å². The van der Waals surface area contributed by atoms with E-state index in [0.29, 0.717) is 0 Å². The van der Waals surface area contributed by atoms with Crippen LogP contribution >= 0.6 is 0 Å². The van der Waals surface area contributed by atoms with Crippen LogP contribution in [-0.4, -0.2) is 20.8 Å². The summed E-state index contributed by atoms with van der Waals surface area (Å²) in [6.45, 7) is 10.0. The van der Waals surface area contributed by atoms with E-state index in [-0.39, 0.29) is 6.10 Å². The Bertz CT molecular complexity index is 495. The molecule has 1 aliphatic rings. The van der Waals surface area contributed by atoms with E-state index < -0.39 is 8.07 Å². The maximum atomic E-state index is 5.84. The van der Waals surface area contributed by atoms with Gasteiger partial charge in [-0.25, -0.2) is 0 Å². The Morgan fingerprint density at radius 3 is 2.55 bits per heavy atom. The standard InChI is InChI=1S/C18H26OSi/c1-15(2)12-17-13-16(10-11-19-17)14-20(3,4)18-8-6-5-7-9-18/h5-9,12,14,17H,10-11,13H2,1-4H3/b16-14+/t17-/m0/s1. The molecule has 0 unspecified atom stereocenters. The van der Waals surface area contributed by atoms with Crippen LogP contribution in [0, 0.1) is 0 Å². The van der Waals surface area contributed by atoms with E-state index in [2.05, 4.69) is 69.0 Å². The lowest BCUT2D eigenvalue weighted by Crippen LogP contribution is -2.40. The molecule has 1 nitrogen and oxygen atoms in total. The summed E-state index contributed by atoms with van der Waals surface area (Å²) in [6, 6.07) is 10.9. The van der Waals surface area contributed by atoms with Gasteiger partial charge in [-0.3, -0.25) is 0 Å². The van der Waals surface area contributed by atoms with Gasteiger partial charge in [0.1, 0.15) is 8.07 Å². The van der Waals surface area contributed by atoms with Crippen molar-refractivity contribution in [3.63, 3.8) is 0 Å². The molecule has 20 heavy (non-hydrogen) atoms. The van der Waals surface area contributed by atoms with E-state index in [4.69, 9.17) is 4.74 Å². The lowest BCUT2D eigenvalue weighted by Gasteiger charge is -2.27. The van der Waals surface area contributed by atoms with Gasteiger partial charge >= 0.3 is 0 Å². The summed E-state index contributed by atoms with van der Waals surface area (Å²) in [5.74, 6) is 0. The quantitative estimate of drug-likeness (QED) is 0.597. The lowest BCUT2D eigenvalue weighted by atomic mass is 10.0. The van der Waals surface area contributed by atoms with Gasteiger partial charge in [0.05, 0.1) is 12.7 Å². The predicted octanol–water partition coefficient (Wildman–Crippen LogP) is 4.21. The summed E-state index contributed by atoms with van der Waals surface area (Å²) >= 11 is 0. The van der Waals surface area contributed by atoms with Gasteiger partial charge < -0.3 is 4.74 Å². The normalized spacial score (nSPS) is 21.8. The van der Waals surface area contributed by atoms with Gasteiger partial charge in [0, 0.05) is 0 Å². The van der Waals surface area contributed by atoms with Crippen LogP contribution in [0.1, 0.15) is 26.7 Å². The molecule has 0 aromatic heterocycles. The highest BCUT2D eigenvalue weighted by atomic mass is 28.3. The fraction of sp³-hybridized carbons (Fsp3) is 0.444. The SMILES string of the molecule is CC(C)=C[C@H]1C/C(=C/[Si](C)(C)c2ccccc2)CCO1. The molecule has 1 fully saturated rings. The fourth-order valence-corrected chi connectivity index (χ4v) is 5.33. The number of benzene rings is 1. The van der Waals surface area contributed by atoms with Gasteiger partial charge in [-0.05, 0) is 26.7 Å². The van der Waals surface area contributed by atoms with Crippen LogP contribution in [0.2, 0.25) is 13.1 Å². The molecule has 0 amide bonds. The zero-order valence-corrected chi connectivity index (χ0v) is 14.1. The Balaban J connectivity index is 2.15. The van der Waals surface area contributed by atoms with Gasteiger partial charge in [-0.1, -0.05) is 71.5 Å². The molecule has 1 atom stereocenters. The van der Waals surface area contributed by atoms with Crippen LogP contribution in [0.5, 0.6) is 0 Å². The highest BCUT2D eigenvalue weighted by Crippen LogP contribution is 2.23. The molecule has 0 radical (unpaired) electrons. The first kappa shape index (κ1) is 15.3. The van der Waals surface area contributed by atoms with E-state index in [9.17, 15) is 0 Å². The summed E-state index contributed by atoms with van der Waals surface area (Å²) in [7, 11) is -1.47. The van der Waals surface area contributed by atoms with E-state index in [0.717, 1.165) is 19.4 Å². The number of allylic oxidation sites excluding steroid dienone is 1. The van der Waals surface area contributed by atoms with Crippen LogP contribution in [0.4, 0.5) is 0 Å². The van der Waals surface area contributed by atoms with Gasteiger partial charge in [0.2, 0.25) is 0 Å². The Hall–Kier alpha value is -1.12. The van der Waals surface area contributed by atoms with Crippen molar-refractivity contribution in [2.24, 2.45) is 0 Å². The zero-order valence-electron chi connectivity index (χ0n) is 13.1. The summed E-state index contributed by atoms with van der Waals surface area (Å²) in [5.41, 5.74) is 5.51. The molecule has 0 N–H and O–H groups in total. The van der Waals surface area contributed by atoms with Crippen molar-refractivity contribution in [3.8, 4) is 0 Å². The summed E-state index contributed by atoms with van der Waals surface area (Å²) < 4.78 is 5.84. The van der Waals surface area contributed by atoms with Gasteiger partial charge in [-0.15, -0.1) is 0 Å². The van der Waals surface area contributed by atoms with Crippen molar-refractivity contribution in [2.45, 2.75) is 45.9 Å². The van der Waals surface area contributed by atoms with Crippen LogP contribution in [-0.2, 0) is 4.74 Å². The minimum Gasteiger partial charge on any atom is -0.373 e. The lowest BCUT2D eigenvalue weighted by molar-refractivity contribution is 0.0670. The van der Waals surface area contributed by atoms with Crippen LogP contribution in [0.15, 0.2) is 53.3 Å². The first-order valence-corrected chi connectivity index (χ1v) is 10.6. The molecule has 0 bridgehead atoms. The first-order valence-electron chi connectivity index (χ1n) is 7.50. The van der Waals surface area contributed by atoms with Crippen molar-refractivity contribution < 1.29 is 4.74 Å². The largest absolute Gasteiger partial charge is 0.373 e. The molecule has 0 spiro atoms. The summed E-state index contributed by atoms with van der Waals surface area (Å²) in [5, 5.41) is 1.51. The molecule has 0 aliphatic carbocycles. The topological polar surface area (TPSA) is 9.23 Å². The monoisotopic (exact) mass is 286 g/mol. The Morgan fingerprint density at radius 1 is 1.20 bits per heavy atom. The molecule has 2 rings (SSSR count). The Labute approximate surface area is 124 Å². The van der Waals surface area contributed by atoms with E-state index in [1.54, 1.807) is 5.57 Å². The predicted molar refractivity (Wildman–Crippen MR) is 90.0 cm³/mol. The van der Waals surface area contributed by atoms with Gasteiger partial charge in [0.25, 0.3) is 0 Å². The summed E-state index contributed by atoms with van der Waals surface area (Å²) in [4.78, 5) is 0. The minimum absolute atomic E-state index is 0.278. The van der Waals surface area contributed by atoms with E-state index in [1.807, 2.05) is 0 Å². The molecular weight excluding hydrogens is 260 g/mol. The second-order valence-corrected chi connectivity index (χ2v) is 10.8. The van der Waals surface area contributed by atoms with Crippen molar-refractivity contribution >= 4 is 13.3 Å². The zero-order chi connectivity index (χ0) is 14.6. The number of ether oxygens (including phenoxy) is 1. The molecule has 1 saturated heterocycles. The second-order valence-electron chi connectivity index (χ2n) is 6.50. The van der Waals surface area contributed by atoms with Crippen molar-refractivity contribution in [2.75, 3.05) is 6.61 Å². The number of rotatable bonds is 3. The molecule has 1 heterocycles. The summed E-state index contributed by atoms with van der Waals surface area (Å²) in [6.07, 6.45) is 4.69. The molecule has 0 saturated carbocycles. The molecule has 108 valence electrons. The van der Waals surface area contributed by atoms with Crippen LogP contribution in [0.25, 0.3) is 0 Å². The van der Waals surface area contributed by atoms with Crippen molar-refractivity contribution in [1.29, 1.82) is 0 Å². The highest BCUT2D eigenvalue weighted by Gasteiger charge is 2.23. The van der Waals surface area contributed by atoms with E-state index in [1.165, 1.54) is 10.8 Å². The highest BCUT2D eigenvalue weighted by molar-refractivity contribution is 6.94. The molecule has 1 aromatic carbocycles. The average molecular weight is 286 g/mol. The first-order chi connectivity index (χ1) is 9.47. The molecular formula is C18H26OSi.